The van der Waals surface area contributed by atoms with Gasteiger partial charge in [-0.1, -0.05) is 11.6 Å². The van der Waals surface area contributed by atoms with Gasteiger partial charge >= 0.3 is 0 Å². The normalized spacial score (nSPS) is 15.9. The highest BCUT2D eigenvalue weighted by atomic mass is 35.5. The second kappa shape index (κ2) is 4.21. The van der Waals surface area contributed by atoms with Crippen LogP contribution >= 0.6 is 23.8 Å². The van der Waals surface area contributed by atoms with Crippen LogP contribution in [0.5, 0.6) is 0 Å². The van der Waals surface area contributed by atoms with Crippen LogP contribution in [0.4, 0.5) is 0 Å². The van der Waals surface area contributed by atoms with Crippen LogP contribution in [-0.4, -0.2) is 9.55 Å². The van der Waals surface area contributed by atoms with Crippen molar-refractivity contribution in [1.29, 1.82) is 0 Å². The first-order chi connectivity index (χ1) is 8.58. The average Bonchev–Trinajstić information content (AvgIpc) is 2.19. The zero-order valence-electron chi connectivity index (χ0n) is 10.00. The van der Waals surface area contributed by atoms with Crippen molar-refractivity contribution in [3.63, 3.8) is 0 Å². The van der Waals surface area contributed by atoms with Gasteiger partial charge in [0.2, 0.25) is 0 Å². The summed E-state index contributed by atoms with van der Waals surface area (Å²) in [6.45, 7) is 1.90. The van der Waals surface area contributed by atoms with Crippen LogP contribution in [0.15, 0.2) is 16.9 Å². The van der Waals surface area contributed by atoms with Gasteiger partial charge < -0.3 is 4.98 Å². The summed E-state index contributed by atoms with van der Waals surface area (Å²) in [5.74, 6) is 0. The van der Waals surface area contributed by atoms with Crippen LogP contribution in [0.2, 0.25) is 5.02 Å². The Bertz CT molecular complexity index is 743. The number of rotatable bonds is 1. The Balaban J connectivity index is 2.41. The monoisotopic (exact) mass is 280 g/mol. The standard InChI is InChI=1S/C13H13ClN2OS/c1-7-5-8(14)6-10-11(7)12(17)16(13(18)15-10)9-3-2-4-9/h5-6,9H,2-4H2,1H3,(H,15,18). The van der Waals surface area contributed by atoms with Crippen LogP contribution in [0.1, 0.15) is 30.9 Å². The van der Waals surface area contributed by atoms with Crippen molar-refractivity contribution in [3.05, 3.63) is 37.8 Å². The van der Waals surface area contributed by atoms with Gasteiger partial charge in [-0.3, -0.25) is 9.36 Å². The zero-order chi connectivity index (χ0) is 12.9. The molecule has 1 aliphatic rings. The lowest BCUT2D eigenvalue weighted by Crippen LogP contribution is -2.30. The van der Waals surface area contributed by atoms with Crippen LogP contribution in [0.25, 0.3) is 10.9 Å². The summed E-state index contributed by atoms with van der Waals surface area (Å²) in [7, 11) is 0. The van der Waals surface area contributed by atoms with Gasteiger partial charge in [0.05, 0.1) is 10.9 Å². The molecule has 1 fully saturated rings. The van der Waals surface area contributed by atoms with Gasteiger partial charge in [-0.25, -0.2) is 0 Å². The summed E-state index contributed by atoms with van der Waals surface area (Å²) in [6.07, 6.45) is 3.24. The molecule has 1 aliphatic carbocycles. The molecular weight excluding hydrogens is 268 g/mol. The predicted molar refractivity (Wildman–Crippen MR) is 76.0 cm³/mol. The smallest absolute Gasteiger partial charge is 0.262 e. The van der Waals surface area contributed by atoms with Gasteiger partial charge in [-0.15, -0.1) is 0 Å². The number of fused-ring (bicyclic) bond motifs is 1. The third-order valence-corrected chi connectivity index (χ3v) is 4.15. The number of hydrogen-bond donors (Lipinski definition) is 1. The van der Waals surface area contributed by atoms with Crippen LogP contribution in [0.3, 0.4) is 0 Å². The Morgan fingerprint density at radius 2 is 2.17 bits per heavy atom. The highest BCUT2D eigenvalue weighted by Gasteiger charge is 2.22. The minimum absolute atomic E-state index is 0.00705. The molecular formula is C13H13ClN2OS. The number of H-pyrrole nitrogens is 1. The maximum atomic E-state index is 12.5. The van der Waals surface area contributed by atoms with E-state index in [1.165, 1.54) is 6.42 Å². The van der Waals surface area contributed by atoms with Crippen molar-refractivity contribution in [2.75, 3.05) is 0 Å². The third-order valence-electron chi connectivity index (χ3n) is 3.63. The van der Waals surface area contributed by atoms with E-state index in [1.807, 2.05) is 13.0 Å². The summed E-state index contributed by atoms with van der Waals surface area (Å²) in [5.41, 5.74) is 1.63. The maximum absolute atomic E-state index is 12.5. The predicted octanol–water partition coefficient (Wildman–Crippen LogP) is 3.75. The number of aromatic amines is 1. The zero-order valence-corrected chi connectivity index (χ0v) is 11.6. The quantitative estimate of drug-likeness (QED) is 0.808. The van der Waals surface area contributed by atoms with E-state index in [0.717, 1.165) is 23.9 Å². The molecule has 1 aromatic heterocycles. The number of hydrogen-bond acceptors (Lipinski definition) is 2. The number of benzene rings is 1. The molecule has 18 heavy (non-hydrogen) atoms. The Morgan fingerprint density at radius 1 is 1.44 bits per heavy atom. The highest BCUT2D eigenvalue weighted by molar-refractivity contribution is 7.71. The molecule has 0 radical (unpaired) electrons. The molecule has 5 heteroatoms. The van der Waals surface area contributed by atoms with E-state index in [4.69, 9.17) is 23.8 Å². The molecule has 0 aliphatic heterocycles. The molecule has 1 saturated carbocycles. The third kappa shape index (κ3) is 1.71. The Morgan fingerprint density at radius 3 is 2.78 bits per heavy atom. The fraction of sp³-hybridized carbons (Fsp3) is 0.385. The van der Waals surface area contributed by atoms with E-state index in [-0.39, 0.29) is 11.6 Å². The van der Waals surface area contributed by atoms with Crippen molar-refractivity contribution in [2.24, 2.45) is 0 Å². The second-order valence-electron chi connectivity index (χ2n) is 4.84. The summed E-state index contributed by atoms with van der Waals surface area (Å²) in [5, 5.41) is 1.31. The lowest BCUT2D eigenvalue weighted by Gasteiger charge is -2.27. The van der Waals surface area contributed by atoms with E-state index >= 15 is 0 Å². The van der Waals surface area contributed by atoms with E-state index in [1.54, 1.807) is 10.6 Å². The molecule has 1 heterocycles. The van der Waals surface area contributed by atoms with E-state index in [2.05, 4.69) is 4.98 Å². The van der Waals surface area contributed by atoms with Crippen LogP contribution in [-0.2, 0) is 0 Å². The van der Waals surface area contributed by atoms with Crippen LogP contribution < -0.4 is 5.56 Å². The Hall–Kier alpha value is -1.13. The van der Waals surface area contributed by atoms with Gasteiger partial charge in [0.25, 0.3) is 5.56 Å². The average molecular weight is 281 g/mol. The van der Waals surface area contributed by atoms with Crippen molar-refractivity contribution in [2.45, 2.75) is 32.2 Å². The highest BCUT2D eigenvalue weighted by Crippen LogP contribution is 2.31. The van der Waals surface area contributed by atoms with Gasteiger partial charge in [0, 0.05) is 11.1 Å². The summed E-state index contributed by atoms with van der Waals surface area (Å²) >= 11 is 11.3. The van der Waals surface area contributed by atoms with Gasteiger partial charge in [0.15, 0.2) is 4.77 Å². The van der Waals surface area contributed by atoms with Gasteiger partial charge in [0.1, 0.15) is 0 Å². The van der Waals surface area contributed by atoms with Gasteiger partial charge in [-0.2, -0.15) is 0 Å². The second-order valence-corrected chi connectivity index (χ2v) is 5.66. The first kappa shape index (κ1) is 11.9. The van der Waals surface area contributed by atoms with Crippen molar-refractivity contribution in [3.8, 4) is 0 Å². The lowest BCUT2D eigenvalue weighted by molar-refractivity contribution is 0.302. The molecule has 1 aromatic carbocycles. The molecule has 1 N–H and O–H groups in total. The fourth-order valence-electron chi connectivity index (χ4n) is 2.49. The molecule has 3 nitrogen and oxygen atoms in total. The SMILES string of the molecule is Cc1cc(Cl)cc2[nH]c(=S)n(C3CCC3)c(=O)c12. The topological polar surface area (TPSA) is 37.8 Å². The van der Waals surface area contributed by atoms with E-state index in [0.29, 0.717) is 15.2 Å². The first-order valence-corrected chi connectivity index (χ1v) is 6.81. The van der Waals surface area contributed by atoms with E-state index < -0.39 is 0 Å². The molecule has 3 rings (SSSR count). The minimum Gasteiger partial charge on any atom is -0.331 e. The Labute approximate surface area is 114 Å². The molecule has 0 bridgehead atoms. The molecule has 0 unspecified atom stereocenters. The molecule has 94 valence electrons. The van der Waals surface area contributed by atoms with Crippen molar-refractivity contribution in [1.82, 2.24) is 9.55 Å². The maximum Gasteiger partial charge on any atom is 0.262 e. The number of aromatic nitrogens is 2. The minimum atomic E-state index is 0.00705. The summed E-state index contributed by atoms with van der Waals surface area (Å²) < 4.78 is 2.22. The largest absolute Gasteiger partial charge is 0.331 e. The molecule has 0 amide bonds. The number of nitrogens with one attached hydrogen (secondary N) is 1. The molecule has 0 spiro atoms. The molecule has 0 saturated heterocycles. The molecule has 2 aromatic rings. The number of nitrogens with zero attached hydrogens (tertiary/aromatic N) is 1. The van der Waals surface area contributed by atoms with E-state index in [9.17, 15) is 4.79 Å². The lowest BCUT2D eigenvalue weighted by atomic mass is 9.93. The molecule has 0 atom stereocenters. The summed E-state index contributed by atoms with van der Waals surface area (Å²) in [4.78, 5) is 15.7. The fourth-order valence-corrected chi connectivity index (χ4v) is 3.10. The van der Waals surface area contributed by atoms with Crippen LogP contribution in [0, 0.1) is 11.7 Å². The number of aryl methyl sites for hydroxylation is 1. The summed E-state index contributed by atoms with van der Waals surface area (Å²) in [6, 6.07) is 3.83. The van der Waals surface area contributed by atoms with Crippen molar-refractivity contribution >= 4 is 34.7 Å². The van der Waals surface area contributed by atoms with Gasteiger partial charge in [-0.05, 0) is 56.1 Å². The number of halogens is 1. The first-order valence-electron chi connectivity index (χ1n) is 6.02. The van der Waals surface area contributed by atoms with Crippen molar-refractivity contribution < 1.29 is 0 Å². The Kier molecular flexibility index (Phi) is 2.79.